The second kappa shape index (κ2) is 30.2. The average Bonchev–Trinajstić information content (AvgIpc) is 2.71. The molecule has 0 bridgehead atoms. The molecule has 0 saturated carbocycles. The summed E-state index contributed by atoms with van der Waals surface area (Å²) in [5.41, 5.74) is 3.62. The van der Waals surface area contributed by atoms with Crippen molar-refractivity contribution in [2.45, 2.75) is 97.7 Å². The van der Waals surface area contributed by atoms with Crippen molar-refractivity contribution in [1.82, 2.24) is 49.5 Å². The number of pyridine rings is 4. The number of ether oxygens (including phenoxy) is 7. The number of sulfone groups is 1. The molecule has 0 atom stereocenters. The van der Waals surface area contributed by atoms with E-state index in [9.17, 15) is 18.0 Å². The molecule has 0 spiro atoms. The summed E-state index contributed by atoms with van der Waals surface area (Å²) in [4.78, 5) is 49.1. The number of hydrogen-bond donors (Lipinski definition) is 1. The van der Waals surface area contributed by atoms with Crippen LogP contribution in [0, 0.1) is 10.8 Å². The normalized spacial score (nSPS) is 11.8. The SMILES string of the molecule is COC(=O)C(C)(C)COc1ccc(-c2ccc(-c3nc(Oc4cccnc4)n(COCC[Si](C)(C)C)n3)cc2)cn1.COC(=O)C(C)(C)COc1ccc(-c2ccc(-c3nc(S(C)(=O)=O)n(COCC[Si](C)(C)C)n3)cc2)cn1.Oc1cccnc1. The second-order valence-electron chi connectivity index (χ2n) is 23.7. The van der Waals surface area contributed by atoms with Gasteiger partial charge in [-0.15, -0.1) is 10.2 Å². The lowest BCUT2D eigenvalue weighted by Gasteiger charge is -2.21. The number of carbonyl (C=O) groups is 2. The van der Waals surface area contributed by atoms with Crippen molar-refractivity contribution < 1.29 is 56.3 Å². The Morgan fingerprint density at radius 1 is 0.558 bits per heavy atom. The van der Waals surface area contributed by atoms with Gasteiger partial charge in [0.15, 0.2) is 11.6 Å². The first-order valence-electron chi connectivity index (χ1n) is 27.6. The fourth-order valence-electron chi connectivity index (χ4n) is 7.42. The third-order valence-electron chi connectivity index (χ3n) is 12.6. The first-order chi connectivity index (χ1) is 40.6. The van der Waals surface area contributed by atoms with E-state index in [0.717, 1.165) is 46.2 Å². The third kappa shape index (κ3) is 21.1. The molecule has 0 aliphatic carbocycles. The van der Waals surface area contributed by atoms with Gasteiger partial charge >= 0.3 is 17.9 Å². The van der Waals surface area contributed by atoms with Crippen LogP contribution in [0.2, 0.25) is 51.4 Å². The lowest BCUT2D eigenvalue weighted by molar-refractivity contribution is -0.153. The van der Waals surface area contributed by atoms with E-state index < -0.39 is 36.8 Å². The van der Waals surface area contributed by atoms with E-state index in [0.29, 0.717) is 53.9 Å². The van der Waals surface area contributed by atoms with Crippen LogP contribution in [-0.2, 0) is 51.8 Å². The monoisotopic (exact) mass is 1230 g/mol. The molecular formula is C61H78N10O12SSi2. The molecule has 22 nitrogen and oxygen atoms in total. The number of hydrogen-bond acceptors (Lipinski definition) is 20. The van der Waals surface area contributed by atoms with Crippen LogP contribution in [0.3, 0.4) is 0 Å². The first kappa shape index (κ1) is 66.9. The Kier molecular flexibility index (Phi) is 23.5. The molecule has 25 heteroatoms. The van der Waals surface area contributed by atoms with Gasteiger partial charge in [0.25, 0.3) is 0 Å². The molecule has 458 valence electrons. The predicted molar refractivity (Wildman–Crippen MR) is 331 cm³/mol. The summed E-state index contributed by atoms with van der Waals surface area (Å²) < 4.78 is 66.1. The van der Waals surface area contributed by atoms with Crippen LogP contribution in [0.1, 0.15) is 27.7 Å². The van der Waals surface area contributed by atoms with Gasteiger partial charge < -0.3 is 38.3 Å². The van der Waals surface area contributed by atoms with Gasteiger partial charge in [-0.3, -0.25) is 19.6 Å². The molecule has 2 aromatic carbocycles. The van der Waals surface area contributed by atoms with E-state index in [1.165, 1.54) is 25.1 Å². The summed E-state index contributed by atoms with van der Waals surface area (Å²) in [5.74, 6) is 1.76. The fourth-order valence-corrected chi connectivity index (χ4v) is 9.66. The molecule has 0 fully saturated rings. The van der Waals surface area contributed by atoms with Crippen LogP contribution >= 0.6 is 0 Å². The minimum absolute atomic E-state index is 0.0227. The van der Waals surface area contributed by atoms with Crippen molar-refractivity contribution in [2.24, 2.45) is 10.8 Å². The smallest absolute Gasteiger partial charge is 0.323 e. The molecule has 0 aliphatic rings. The van der Waals surface area contributed by atoms with Crippen molar-refractivity contribution in [3.8, 4) is 74.3 Å². The van der Waals surface area contributed by atoms with E-state index in [4.69, 9.17) is 38.3 Å². The average molecular weight is 1230 g/mol. The van der Waals surface area contributed by atoms with Crippen molar-refractivity contribution in [1.29, 1.82) is 0 Å². The van der Waals surface area contributed by atoms with E-state index in [1.807, 2.05) is 66.7 Å². The van der Waals surface area contributed by atoms with Crippen LogP contribution in [0.4, 0.5) is 0 Å². The highest BCUT2D eigenvalue weighted by Crippen LogP contribution is 2.30. The number of benzene rings is 2. The summed E-state index contributed by atoms with van der Waals surface area (Å²) in [6.07, 6.45) is 10.8. The number of carbonyl (C=O) groups excluding carboxylic acids is 2. The fraction of sp³-hybridized carbons (Fsp3) is 0.377. The summed E-state index contributed by atoms with van der Waals surface area (Å²) in [6, 6.07) is 31.9. The highest BCUT2D eigenvalue weighted by Gasteiger charge is 2.31. The molecule has 0 aliphatic heterocycles. The largest absolute Gasteiger partial charge is 0.506 e. The van der Waals surface area contributed by atoms with E-state index in [2.05, 4.69) is 79.4 Å². The Hall–Kier alpha value is -8.24. The summed E-state index contributed by atoms with van der Waals surface area (Å²) >= 11 is 0. The van der Waals surface area contributed by atoms with Gasteiger partial charge in [0.1, 0.15) is 38.2 Å². The quantitative estimate of drug-likeness (QED) is 0.0316. The Morgan fingerprint density at radius 2 is 0.988 bits per heavy atom. The zero-order chi connectivity index (χ0) is 62.7. The Balaban J connectivity index is 0.000000247. The molecule has 0 radical (unpaired) electrons. The van der Waals surface area contributed by atoms with Gasteiger partial charge in [-0.05, 0) is 87.3 Å². The second-order valence-corrected chi connectivity index (χ2v) is 36.8. The third-order valence-corrected chi connectivity index (χ3v) is 17.0. The first-order valence-corrected chi connectivity index (χ1v) is 36.9. The number of aromatic hydroxyl groups is 1. The molecular weight excluding hydrogens is 1150 g/mol. The number of methoxy groups -OCH3 is 2. The Bertz CT molecular complexity index is 3530. The van der Waals surface area contributed by atoms with Crippen LogP contribution in [-0.4, -0.2) is 138 Å². The molecule has 8 rings (SSSR count). The standard InChI is InChI=1S/C30H37N5O5Si.C26H36N4O6SSi.C5H5NO/c1-30(2,28(36)37-3)20-39-26-14-13-24(18-32-26)22-9-11-23(12-10-22)27-33-29(40-25-8-7-15-31-19-25)35(34-27)21-38-16-17-41(4,5)6;1-26(2,24(31)34-3)17-36-22-13-12-21(16-27-22)19-8-10-20(11-9-19)23-28-25(37(4,32)33)30(29-23)18-35-14-15-38(5,6)7;7-5-2-1-3-6-4-5/h7-15,18-19H,16-17,20-21H2,1-6H3;8-13,16H,14-15,17-18H2,1-7H3;1-4,7H. The van der Waals surface area contributed by atoms with Crippen molar-refractivity contribution in [2.75, 3.05) is 46.9 Å². The van der Waals surface area contributed by atoms with Crippen LogP contribution < -0.4 is 14.2 Å². The lowest BCUT2D eigenvalue weighted by Crippen LogP contribution is -2.32. The minimum Gasteiger partial charge on any atom is -0.506 e. The highest BCUT2D eigenvalue weighted by molar-refractivity contribution is 7.90. The molecule has 0 amide bonds. The Labute approximate surface area is 505 Å². The van der Waals surface area contributed by atoms with E-state index >= 15 is 0 Å². The van der Waals surface area contributed by atoms with Crippen molar-refractivity contribution >= 4 is 37.9 Å². The topological polar surface area (TPSA) is 266 Å². The van der Waals surface area contributed by atoms with Gasteiger partial charge in [0, 0.05) is 94.8 Å². The number of nitrogens with zero attached hydrogens (tertiary/aromatic N) is 10. The lowest BCUT2D eigenvalue weighted by atomic mass is 9.95. The number of rotatable bonds is 25. The van der Waals surface area contributed by atoms with Crippen LogP contribution in [0.15, 0.2) is 139 Å². The maximum Gasteiger partial charge on any atom is 0.323 e. The molecule has 86 heavy (non-hydrogen) atoms. The van der Waals surface area contributed by atoms with Gasteiger partial charge in [0.05, 0.1) is 37.4 Å². The minimum atomic E-state index is -3.59. The zero-order valence-corrected chi connectivity index (χ0v) is 54.0. The maximum absolute atomic E-state index is 12.3. The predicted octanol–water partition coefficient (Wildman–Crippen LogP) is 11.2. The number of esters is 2. The van der Waals surface area contributed by atoms with Gasteiger partial charge in [-0.1, -0.05) is 87.8 Å². The van der Waals surface area contributed by atoms with E-state index in [1.54, 1.807) is 93.7 Å². The Morgan fingerprint density at radius 3 is 1.37 bits per heavy atom. The van der Waals surface area contributed by atoms with Gasteiger partial charge in [-0.2, -0.15) is 14.6 Å². The molecule has 8 aromatic rings. The molecule has 1 N–H and O–H groups in total. The zero-order valence-electron chi connectivity index (χ0n) is 51.2. The molecule has 0 saturated heterocycles. The van der Waals surface area contributed by atoms with Crippen LogP contribution in [0.5, 0.6) is 29.3 Å². The van der Waals surface area contributed by atoms with Crippen molar-refractivity contribution in [3.63, 3.8) is 0 Å². The van der Waals surface area contributed by atoms with Crippen molar-refractivity contribution in [3.05, 3.63) is 134 Å². The summed E-state index contributed by atoms with van der Waals surface area (Å²) in [7, 11) is -3.35. The molecule has 6 heterocycles. The van der Waals surface area contributed by atoms with Crippen LogP contribution in [0.25, 0.3) is 45.0 Å². The maximum atomic E-state index is 12.3. The molecule has 0 unspecified atom stereocenters. The summed E-state index contributed by atoms with van der Waals surface area (Å²) in [5, 5.41) is 17.5. The van der Waals surface area contributed by atoms with Gasteiger partial charge in [-0.25, -0.2) is 23.1 Å². The van der Waals surface area contributed by atoms with E-state index in [-0.39, 0.29) is 49.5 Å². The molecule has 6 aromatic heterocycles. The summed E-state index contributed by atoms with van der Waals surface area (Å²) in [6.45, 7) is 22.5. The highest BCUT2D eigenvalue weighted by atomic mass is 32.2. The van der Waals surface area contributed by atoms with Gasteiger partial charge in [0.2, 0.25) is 26.8 Å². The number of aromatic nitrogens is 10.